The van der Waals surface area contributed by atoms with Crippen molar-refractivity contribution in [3.63, 3.8) is 0 Å². The van der Waals surface area contributed by atoms with Crippen LogP contribution in [-0.2, 0) is 11.2 Å². The second-order valence-corrected chi connectivity index (χ2v) is 8.15. The van der Waals surface area contributed by atoms with E-state index in [0.717, 1.165) is 29.9 Å². The molecule has 0 radical (unpaired) electrons. The van der Waals surface area contributed by atoms with Crippen LogP contribution < -0.4 is 20.1 Å². The largest absolute Gasteiger partial charge is 0.493 e. The van der Waals surface area contributed by atoms with Crippen molar-refractivity contribution in [2.24, 2.45) is 5.41 Å². The molecule has 1 aromatic carbocycles. The van der Waals surface area contributed by atoms with Gasteiger partial charge in [0.15, 0.2) is 11.5 Å². The average Bonchev–Trinajstić information content (AvgIpc) is 3.04. The third kappa shape index (κ3) is 4.72. The van der Waals surface area contributed by atoms with Gasteiger partial charge in [0.05, 0.1) is 26.8 Å². The van der Waals surface area contributed by atoms with Crippen molar-refractivity contribution < 1.29 is 23.5 Å². The van der Waals surface area contributed by atoms with Crippen LogP contribution in [0, 0.1) is 12.3 Å². The lowest BCUT2D eigenvalue weighted by molar-refractivity contribution is -0.121. The molecular formula is C22H28N2O5. The number of amides is 2. The van der Waals surface area contributed by atoms with Crippen molar-refractivity contribution in [2.45, 2.75) is 39.7 Å². The predicted octanol–water partition coefficient (Wildman–Crippen LogP) is 3.16. The van der Waals surface area contributed by atoms with Crippen molar-refractivity contribution in [1.29, 1.82) is 0 Å². The first-order chi connectivity index (χ1) is 13.7. The molecule has 2 amide bonds. The molecule has 0 fully saturated rings. The third-order valence-corrected chi connectivity index (χ3v) is 5.13. The highest BCUT2D eigenvalue weighted by Gasteiger charge is 2.35. The van der Waals surface area contributed by atoms with Crippen molar-refractivity contribution in [3.8, 4) is 11.5 Å². The molecule has 0 aliphatic heterocycles. The fourth-order valence-electron chi connectivity index (χ4n) is 3.80. The summed E-state index contributed by atoms with van der Waals surface area (Å²) in [5, 5.41) is 5.69. The van der Waals surface area contributed by atoms with Gasteiger partial charge in [-0.05, 0) is 43.0 Å². The standard InChI is InChI=1S/C22H28N2O5/c1-13-8-15-16(10-22(2,3)11-19(15)29-13)24-20(25)12-23-21(26)14-6-7-17(27-4)18(9-14)28-5/h6-9,16H,10-12H2,1-5H3,(H,23,26)(H,24,25). The molecule has 2 N–H and O–H groups in total. The zero-order valence-corrected chi connectivity index (χ0v) is 17.5. The van der Waals surface area contributed by atoms with Gasteiger partial charge in [-0.25, -0.2) is 0 Å². The van der Waals surface area contributed by atoms with E-state index in [0.29, 0.717) is 17.1 Å². The second kappa shape index (κ2) is 8.19. The monoisotopic (exact) mass is 400 g/mol. The van der Waals surface area contributed by atoms with Gasteiger partial charge in [-0.3, -0.25) is 9.59 Å². The van der Waals surface area contributed by atoms with Crippen LogP contribution in [-0.4, -0.2) is 32.6 Å². The Hall–Kier alpha value is -2.96. The molecule has 2 aromatic rings. The number of hydrogen-bond donors (Lipinski definition) is 2. The Morgan fingerprint density at radius 1 is 1.17 bits per heavy atom. The summed E-state index contributed by atoms with van der Waals surface area (Å²) in [6.45, 7) is 6.11. The molecule has 0 bridgehead atoms. The van der Waals surface area contributed by atoms with Gasteiger partial charge in [-0.1, -0.05) is 13.8 Å². The van der Waals surface area contributed by atoms with Crippen molar-refractivity contribution in [1.82, 2.24) is 10.6 Å². The number of furan rings is 1. The molecule has 0 saturated heterocycles. The number of nitrogens with one attached hydrogen (secondary N) is 2. The van der Waals surface area contributed by atoms with E-state index in [-0.39, 0.29) is 29.8 Å². The maximum atomic E-state index is 12.5. The first kappa shape index (κ1) is 20.8. The maximum absolute atomic E-state index is 12.5. The summed E-state index contributed by atoms with van der Waals surface area (Å²) in [7, 11) is 3.03. The normalized spacial score (nSPS) is 17.2. The SMILES string of the molecule is COc1ccc(C(=O)NCC(=O)NC2CC(C)(C)Cc3oc(C)cc32)cc1OC. The topological polar surface area (TPSA) is 89.8 Å². The summed E-state index contributed by atoms with van der Waals surface area (Å²) in [6.07, 6.45) is 1.66. The fourth-order valence-corrected chi connectivity index (χ4v) is 3.80. The fraction of sp³-hybridized carbons (Fsp3) is 0.455. The van der Waals surface area contributed by atoms with Gasteiger partial charge >= 0.3 is 0 Å². The minimum atomic E-state index is -0.357. The molecule has 1 heterocycles. The predicted molar refractivity (Wildman–Crippen MR) is 108 cm³/mol. The highest BCUT2D eigenvalue weighted by molar-refractivity contribution is 5.97. The van der Waals surface area contributed by atoms with E-state index in [1.54, 1.807) is 18.2 Å². The van der Waals surface area contributed by atoms with Gasteiger partial charge < -0.3 is 24.5 Å². The Labute approximate surface area is 170 Å². The molecule has 1 aliphatic carbocycles. The van der Waals surface area contributed by atoms with E-state index >= 15 is 0 Å². The minimum Gasteiger partial charge on any atom is -0.493 e. The first-order valence-electron chi connectivity index (χ1n) is 9.61. The molecule has 7 heteroatoms. The van der Waals surface area contributed by atoms with Crippen LogP contribution in [0.25, 0.3) is 0 Å². The van der Waals surface area contributed by atoms with E-state index in [1.807, 2.05) is 13.0 Å². The number of benzene rings is 1. The highest BCUT2D eigenvalue weighted by Crippen LogP contribution is 2.41. The van der Waals surface area contributed by atoms with E-state index in [2.05, 4.69) is 24.5 Å². The van der Waals surface area contributed by atoms with Gasteiger partial charge in [-0.2, -0.15) is 0 Å². The number of methoxy groups -OCH3 is 2. The van der Waals surface area contributed by atoms with E-state index in [4.69, 9.17) is 13.9 Å². The van der Waals surface area contributed by atoms with Gasteiger partial charge in [0.25, 0.3) is 5.91 Å². The molecule has 29 heavy (non-hydrogen) atoms. The summed E-state index contributed by atoms with van der Waals surface area (Å²) in [5.41, 5.74) is 1.45. The maximum Gasteiger partial charge on any atom is 0.251 e. The summed E-state index contributed by atoms with van der Waals surface area (Å²) in [4.78, 5) is 24.9. The Morgan fingerprint density at radius 3 is 2.59 bits per heavy atom. The number of aryl methyl sites for hydroxylation is 1. The van der Waals surface area contributed by atoms with Crippen molar-refractivity contribution in [3.05, 3.63) is 46.9 Å². The summed E-state index contributed by atoms with van der Waals surface area (Å²) < 4.78 is 16.2. The van der Waals surface area contributed by atoms with Gasteiger partial charge in [0.2, 0.25) is 5.91 Å². The molecule has 0 saturated carbocycles. The van der Waals surface area contributed by atoms with Crippen LogP contribution in [0.15, 0.2) is 28.7 Å². The molecule has 1 atom stereocenters. The van der Waals surface area contributed by atoms with Crippen LogP contribution >= 0.6 is 0 Å². The van der Waals surface area contributed by atoms with Crippen LogP contribution in [0.2, 0.25) is 0 Å². The van der Waals surface area contributed by atoms with Gasteiger partial charge in [-0.15, -0.1) is 0 Å². The molecule has 1 aliphatic rings. The van der Waals surface area contributed by atoms with E-state index in [9.17, 15) is 9.59 Å². The quantitative estimate of drug-likeness (QED) is 0.777. The van der Waals surface area contributed by atoms with E-state index < -0.39 is 0 Å². The number of rotatable bonds is 6. The molecular weight excluding hydrogens is 372 g/mol. The Bertz CT molecular complexity index is 916. The smallest absolute Gasteiger partial charge is 0.251 e. The highest BCUT2D eigenvalue weighted by atomic mass is 16.5. The summed E-state index contributed by atoms with van der Waals surface area (Å²) >= 11 is 0. The van der Waals surface area contributed by atoms with Gasteiger partial charge in [0.1, 0.15) is 11.5 Å². The zero-order valence-electron chi connectivity index (χ0n) is 17.5. The van der Waals surface area contributed by atoms with Crippen LogP contribution in [0.4, 0.5) is 0 Å². The average molecular weight is 400 g/mol. The molecule has 7 nitrogen and oxygen atoms in total. The Morgan fingerprint density at radius 2 is 1.90 bits per heavy atom. The number of ether oxygens (including phenoxy) is 2. The lowest BCUT2D eigenvalue weighted by atomic mass is 9.74. The van der Waals surface area contributed by atoms with Crippen molar-refractivity contribution in [2.75, 3.05) is 20.8 Å². The lowest BCUT2D eigenvalue weighted by Gasteiger charge is -2.34. The van der Waals surface area contributed by atoms with Crippen molar-refractivity contribution >= 4 is 11.8 Å². The molecule has 1 unspecified atom stereocenters. The summed E-state index contributed by atoms with van der Waals surface area (Å²) in [5.74, 6) is 2.16. The Kier molecular flexibility index (Phi) is 5.86. The molecule has 156 valence electrons. The molecule has 1 aromatic heterocycles. The minimum absolute atomic E-state index is 0.0259. The Balaban J connectivity index is 1.62. The lowest BCUT2D eigenvalue weighted by Crippen LogP contribution is -2.41. The van der Waals surface area contributed by atoms with Crippen LogP contribution in [0.1, 0.15) is 53.8 Å². The zero-order chi connectivity index (χ0) is 21.2. The first-order valence-corrected chi connectivity index (χ1v) is 9.61. The number of carbonyl (C=O) groups excluding carboxylic acids is 2. The third-order valence-electron chi connectivity index (χ3n) is 5.13. The molecule has 3 rings (SSSR count). The second-order valence-electron chi connectivity index (χ2n) is 8.15. The van der Waals surface area contributed by atoms with E-state index in [1.165, 1.54) is 14.2 Å². The van der Waals surface area contributed by atoms with Crippen LogP contribution in [0.3, 0.4) is 0 Å². The molecule has 0 spiro atoms. The number of fused-ring (bicyclic) bond motifs is 1. The number of hydrogen-bond acceptors (Lipinski definition) is 5. The van der Waals surface area contributed by atoms with Gasteiger partial charge in [0, 0.05) is 17.5 Å². The number of carbonyl (C=O) groups is 2. The summed E-state index contributed by atoms with van der Waals surface area (Å²) in [6, 6.07) is 6.71. The van der Waals surface area contributed by atoms with Crippen LogP contribution in [0.5, 0.6) is 11.5 Å².